The summed E-state index contributed by atoms with van der Waals surface area (Å²) in [7, 11) is 0. The minimum Gasteiger partial charge on any atom is -0.325 e. The largest absolute Gasteiger partial charge is 0.325 e. The molecule has 0 radical (unpaired) electrons. The van der Waals surface area contributed by atoms with Gasteiger partial charge in [0.15, 0.2) is 4.34 Å². The van der Waals surface area contributed by atoms with Gasteiger partial charge in [-0.05, 0) is 31.5 Å². The summed E-state index contributed by atoms with van der Waals surface area (Å²) in [6, 6.07) is 17.5. The molecule has 24 heavy (non-hydrogen) atoms. The number of carbonyl (C=O) groups is 1. The highest BCUT2D eigenvalue weighted by atomic mass is 32.2. The van der Waals surface area contributed by atoms with Gasteiger partial charge in [0, 0.05) is 5.69 Å². The van der Waals surface area contributed by atoms with Crippen LogP contribution in [0.4, 0.5) is 5.69 Å². The van der Waals surface area contributed by atoms with Crippen molar-refractivity contribution in [2.45, 2.75) is 23.4 Å². The molecule has 1 amide bonds. The monoisotopic (exact) mass is 355 g/mol. The maximum Gasteiger partial charge on any atom is 0.242 e. The van der Waals surface area contributed by atoms with E-state index in [1.807, 2.05) is 68.4 Å². The molecule has 0 aliphatic carbocycles. The minimum absolute atomic E-state index is 0.0668. The molecule has 0 saturated carbocycles. The van der Waals surface area contributed by atoms with Crippen molar-refractivity contribution in [3.63, 3.8) is 0 Å². The van der Waals surface area contributed by atoms with Gasteiger partial charge in [0.2, 0.25) is 5.91 Å². The van der Waals surface area contributed by atoms with E-state index in [-0.39, 0.29) is 11.2 Å². The zero-order chi connectivity index (χ0) is 16.9. The van der Waals surface area contributed by atoms with E-state index < -0.39 is 0 Å². The van der Waals surface area contributed by atoms with E-state index in [4.69, 9.17) is 0 Å². The van der Waals surface area contributed by atoms with Gasteiger partial charge in [-0.3, -0.25) is 4.79 Å². The summed E-state index contributed by atoms with van der Waals surface area (Å²) >= 11 is 2.92. The highest BCUT2D eigenvalue weighted by Gasteiger charge is 2.23. The first-order valence-electron chi connectivity index (χ1n) is 7.51. The lowest BCUT2D eigenvalue weighted by Crippen LogP contribution is -2.19. The summed E-state index contributed by atoms with van der Waals surface area (Å²) in [5.41, 5.74) is 2.90. The quantitative estimate of drug-likeness (QED) is 0.678. The summed E-state index contributed by atoms with van der Waals surface area (Å²) in [6.45, 7) is 3.93. The third-order valence-electron chi connectivity index (χ3n) is 3.39. The van der Waals surface area contributed by atoms with Gasteiger partial charge in [-0.1, -0.05) is 71.1 Å². The van der Waals surface area contributed by atoms with Crippen LogP contribution in [0.3, 0.4) is 0 Å². The van der Waals surface area contributed by atoms with Crippen LogP contribution in [-0.2, 0) is 4.79 Å². The summed E-state index contributed by atoms with van der Waals surface area (Å²) in [5.74, 6) is -0.0668. The normalized spacial score (nSPS) is 11.9. The van der Waals surface area contributed by atoms with Crippen LogP contribution in [0.15, 0.2) is 58.9 Å². The molecule has 6 heteroatoms. The van der Waals surface area contributed by atoms with Crippen LogP contribution in [0.25, 0.3) is 0 Å². The number of hydrogen-bond donors (Lipinski definition) is 1. The lowest BCUT2D eigenvalue weighted by molar-refractivity contribution is -0.115. The molecule has 1 aromatic heterocycles. The summed E-state index contributed by atoms with van der Waals surface area (Å²) in [6.07, 6.45) is 0. The Kier molecular flexibility index (Phi) is 5.27. The smallest absolute Gasteiger partial charge is 0.242 e. The maximum atomic E-state index is 12.8. The second kappa shape index (κ2) is 7.59. The Bertz CT molecular complexity index is 816. The minimum atomic E-state index is -0.375. The third-order valence-corrected chi connectivity index (χ3v) is 5.56. The molecular formula is C18H17N3OS2. The van der Waals surface area contributed by atoms with Gasteiger partial charge >= 0.3 is 0 Å². The molecule has 1 atom stereocenters. The molecule has 0 fully saturated rings. The molecule has 3 rings (SSSR count). The van der Waals surface area contributed by atoms with E-state index in [1.54, 1.807) is 0 Å². The van der Waals surface area contributed by atoms with Crippen molar-refractivity contribution in [3.8, 4) is 0 Å². The fourth-order valence-electron chi connectivity index (χ4n) is 2.17. The maximum absolute atomic E-state index is 12.8. The van der Waals surface area contributed by atoms with Crippen molar-refractivity contribution in [1.29, 1.82) is 0 Å². The first kappa shape index (κ1) is 16.7. The van der Waals surface area contributed by atoms with E-state index >= 15 is 0 Å². The SMILES string of the molecule is Cc1ccc(NC(=O)C(Sc2nnc(C)s2)c2ccccc2)cc1. The van der Waals surface area contributed by atoms with Crippen LogP contribution >= 0.6 is 23.1 Å². The number of amides is 1. The molecule has 1 unspecified atom stereocenters. The number of benzene rings is 2. The molecule has 0 bridgehead atoms. The standard InChI is InChI=1S/C18H17N3OS2/c1-12-8-10-15(11-9-12)19-17(22)16(14-6-4-3-5-7-14)24-18-21-20-13(2)23-18/h3-11,16H,1-2H3,(H,19,22). The van der Waals surface area contributed by atoms with Gasteiger partial charge in [0.25, 0.3) is 0 Å². The molecule has 0 aliphatic rings. The van der Waals surface area contributed by atoms with Gasteiger partial charge < -0.3 is 5.32 Å². The Morgan fingerprint density at radius 2 is 1.75 bits per heavy atom. The second-order valence-corrected chi connectivity index (χ2v) is 7.88. The molecule has 1 N–H and O–H groups in total. The molecule has 0 spiro atoms. The van der Waals surface area contributed by atoms with E-state index in [1.165, 1.54) is 23.1 Å². The predicted molar refractivity (Wildman–Crippen MR) is 99.5 cm³/mol. The van der Waals surface area contributed by atoms with Gasteiger partial charge in [0.1, 0.15) is 10.3 Å². The fraction of sp³-hybridized carbons (Fsp3) is 0.167. The number of nitrogens with zero attached hydrogens (tertiary/aromatic N) is 2. The number of anilines is 1. The molecule has 1 heterocycles. The third kappa shape index (κ3) is 4.21. The summed E-state index contributed by atoms with van der Waals surface area (Å²) < 4.78 is 0.792. The van der Waals surface area contributed by atoms with Gasteiger partial charge in [-0.15, -0.1) is 10.2 Å². The van der Waals surface area contributed by atoms with Crippen molar-refractivity contribution in [2.75, 3.05) is 5.32 Å². The number of nitrogens with one attached hydrogen (secondary N) is 1. The molecule has 0 aliphatic heterocycles. The van der Waals surface area contributed by atoms with Crippen LogP contribution in [-0.4, -0.2) is 16.1 Å². The number of thioether (sulfide) groups is 1. The zero-order valence-corrected chi connectivity index (χ0v) is 15.0. The van der Waals surface area contributed by atoms with E-state index in [9.17, 15) is 4.79 Å². The first-order valence-corrected chi connectivity index (χ1v) is 9.20. The van der Waals surface area contributed by atoms with E-state index in [0.717, 1.165) is 26.2 Å². The van der Waals surface area contributed by atoms with Crippen molar-refractivity contribution < 1.29 is 4.79 Å². The van der Waals surface area contributed by atoms with Crippen molar-refractivity contribution in [1.82, 2.24) is 10.2 Å². The highest BCUT2D eigenvalue weighted by molar-refractivity contribution is 8.01. The molecule has 4 nitrogen and oxygen atoms in total. The highest BCUT2D eigenvalue weighted by Crippen LogP contribution is 2.37. The Hall–Kier alpha value is -2.18. The van der Waals surface area contributed by atoms with Crippen LogP contribution < -0.4 is 5.32 Å². The molecular weight excluding hydrogens is 338 g/mol. The molecule has 3 aromatic rings. The molecule has 122 valence electrons. The van der Waals surface area contributed by atoms with Gasteiger partial charge in [0.05, 0.1) is 0 Å². The lowest BCUT2D eigenvalue weighted by atomic mass is 10.1. The van der Waals surface area contributed by atoms with Crippen LogP contribution in [0.5, 0.6) is 0 Å². The Balaban J connectivity index is 1.83. The van der Waals surface area contributed by atoms with Crippen LogP contribution in [0.2, 0.25) is 0 Å². The Labute approximate surface area is 149 Å². The zero-order valence-electron chi connectivity index (χ0n) is 13.4. The predicted octanol–water partition coefficient (Wildman–Crippen LogP) is 4.63. The van der Waals surface area contributed by atoms with Crippen LogP contribution in [0, 0.1) is 13.8 Å². The lowest BCUT2D eigenvalue weighted by Gasteiger charge is -2.15. The second-order valence-electron chi connectivity index (χ2n) is 5.35. The number of aryl methyl sites for hydroxylation is 2. The molecule has 2 aromatic carbocycles. The van der Waals surface area contributed by atoms with Crippen LogP contribution in [0.1, 0.15) is 21.4 Å². The van der Waals surface area contributed by atoms with E-state index in [2.05, 4.69) is 15.5 Å². The number of rotatable bonds is 5. The topological polar surface area (TPSA) is 54.9 Å². The summed E-state index contributed by atoms with van der Waals surface area (Å²) in [5, 5.41) is 11.7. The fourth-order valence-corrected chi connectivity index (χ4v) is 4.18. The van der Waals surface area contributed by atoms with Gasteiger partial charge in [-0.25, -0.2) is 0 Å². The number of hydrogen-bond acceptors (Lipinski definition) is 5. The van der Waals surface area contributed by atoms with Crippen molar-refractivity contribution in [3.05, 3.63) is 70.7 Å². The number of aromatic nitrogens is 2. The average molecular weight is 355 g/mol. The Morgan fingerprint density at radius 1 is 1.04 bits per heavy atom. The average Bonchev–Trinajstić information content (AvgIpc) is 3.00. The van der Waals surface area contributed by atoms with Gasteiger partial charge in [-0.2, -0.15) is 0 Å². The number of carbonyl (C=O) groups excluding carboxylic acids is 1. The summed E-state index contributed by atoms with van der Waals surface area (Å²) in [4.78, 5) is 12.8. The Morgan fingerprint density at radius 3 is 2.38 bits per heavy atom. The molecule has 0 saturated heterocycles. The van der Waals surface area contributed by atoms with Crippen molar-refractivity contribution in [2.24, 2.45) is 0 Å². The first-order chi connectivity index (χ1) is 11.6. The van der Waals surface area contributed by atoms with E-state index in [0.29, 0.717) is 0 Å². The van der Waals surface area contributed by atoms with Crippen molar-refractivity contribution >= 4 is 34.7 Å².